The molecule has 2 aliphatic rings. The minimum Gasteiger partial charge on any atom is -0.303 e. The van der Waals surface area contributed by atoms with Gasteiger partial charge >= 0.3 is 0 Å². The van der Waals surface area contributed by atoms with Gasteiger partial charge in [-0.2, -0.15) is 0 Å². The van der Waals surface area contributed by atoms with Crippen LogP contribution in [0.15, 0.2) is 12.1 Å². The van der Waals surface area contributed by atoms with Crippen molar-refractivity contribution in [2.24, 2.45) is 0 Å². The van der Waals surface area contributed by atoms with Crippen molar-refractivity contribution in [1.82, 2.24) is 29.3 Å². The van der Waals surface area contributed by atoms with E-state index in [1.807, 2.05) is 0 Å². The number of rotatable bonds is 9. The van der Waals surface area contributed by atoms with Crippen molar-refractivity contribution in [1.29, 1.82) is 0 Å². The lowest BCUT2D eigenvalue weighted by Crippen LogP contribution is -2.23. The zero-order valence-electron chi connectivity index (χ0n) is 17.7. The van der Waals surface area contributed by atoms with Gasteiger partial charge in [-0.1, -0.05) is 0 Å². The first kappa shape index (κ1) is 19.6. The highest BCUT2D eigenvalue weighted by Gasteiger charge is 2.18. The monoisotopic (exact) mass is 384 g/mol. The second kappa shape index (κ2) is 9.23. The maximum absolute atomic E-state index is 4.63. The summed E-state index contributed by atoms with van der Waals surface area (Å²) in [5.41, 5.74) is 2.50. The molecule has 0 amide bonds. The van der Waals surface area contributed by atoms with Crippen molar-refractivity contribution in [3.8, 4) is 0 Å². The molecule has 2 aliphatic heterocycles. The fraction of sp³-hybridized carbons (Fsp3) is 0.727. The van der Waals surface area contributed by atoms with Crippen LogP contribution in [0.2, 0.25) is 0 Å². The molecule has 0 aliphatic carbocycles. The molecule has 28 heavy (non-hydrogen) atoms. The van der Waals surface area contributed by atoms with Gasteiger partial charge in [0.05, 0.1) is 0 Å². The van der Waals surface area contributed by atoms with Crippen molar-refractivity contribution < 1.29 is 0 Å². The number of aromatic nitrogens is 4. The SMILES string of the molecule is Cc1ccc(C)n1-n1c(CCCN2CCCC2)nnc1CCCN1CCCC1. The Morgan fingerprint density at radius 1 is 0.679 bits per heavy atom. The summed E-state index contributed by atoms with van der Waals surface area (Å²) in [6.45, 7) is 11.8. The zero-order chi connectivity index (χ0) is 19.3. The van der Waals surface area contributed by atoms with Crippen molar-refractivity contribution in [2.75, 3.05) is 39.3 Å². The quantitative estimate of drug-likeness (QED) is 0.666. The standard InChI is InChI=1S/C22H36N6/c1-19-11-12-20(2)27(19)28-21(9-7-17-25-13-3-4-14-25)23-24-22(28)10-8-18-26-15-5-6-16-26/h11-12H,3-10,13-18H2,1-2H3. The van der Waals surface area contributed by atoms with Crippen molar-refractivity contribution in [3.63, 3.8) is 0 Å². The van der Waals surface area contributed by atoms with E-state index in [9.17, 15) is 0 Å². The number of likely N-dealkylation sites (tertiary alicyclic amines) is 2. The van der Waals surface area contributed by atoms with E-state index in [2.05, 4.69) is 55.3 Å². The van der Waals surface area contributed by atoms with Gasteiger partial charge in [-0.25, -0.2) is 4.68 Å². The maximum atomic E-state index is 4.63. The second-order valence-electron chi connectivity index (χ2n) is 8.58. The molecule has 2 saturated heterocycles. The van der Waals surface area contributed by atoms with Crippen LogP contribution in [0, 0.1) is 13.8 Å². The predicted molar refractivity (Wildman–Crippen MR) is 113 cm³/mol. The summed E-state index contributed by atoms with van der Waals surface area (Å²) >= 11 is 0. The van der Waals surface area contributed by atoms with E-state index >= 15 is 0 Å². The van der Waals surface area contributed by atoms with E-state index in [1.165, 1.54) is 76.3 Å². The van der Waals surface area contributed by atoms with Gasteiger partial charge in [0.15, 0.2) is 11.6 Å². The first-order valence-electron chi connectivity index (χ1n) is 11.3. The molecule has 6 heteroatoms. The van der Waals surface area contributed by atoms with Gasteiger partial charge in [-0.15, -0.1) is 10.2 Å². The van der Waals surface area contributed by atoms with Crippen LogP contribution in [0.5, 0.6) is 0 Å². The Bertz CT molecular complexity index is 690. The predicted octanol–water partition coefficient (Wildman–Crippen LogP) is 3.06. The highest BCUT2D eigenvalue weighted by Crippen LogP contribution is 2.16. The molecule has 0 saturated carbocycles. The lowest BCUT2D eigenvalue weighted by Gasteiger charge is -2.18. The van der Waals surface area contributed by atoms with Crippen molar-refractivity contribution in [2.45, 2.75) is 65.2 Å². The molecule has 4 heterocycles. The Morgan fingerprint density at radius 3 is 1.54 bits per heavy atom. The molecule has 0 N–H and O–H groups in total. The number of hydrogen-bond donors (Lipinski definition) is 0. The summed E-state index contributed by atoms with van der Waals surface area (Å²) in [5.74, 6) is 2.22. The molecular formula is C22H36N6. The van der Waals surface area contributed by atoms with Crippen LogP contribution >= 0.6 is 0 Å². The smallest absolute Gasteiger partial charge is 0.153 e. The largest absolute Gasteiger partial charge is 0.303 e. The molecule has 4 rings (SSSR count). The van der Waals surface area contributed by atoms with Gasteiger partial charge in [-0.3, -0.25) is 4.68 Å². The molecule has 6 nitrogen and oxygen atoms in total. The van der Waals surface area contributed by atoms with E-state index in [0.29, 0.717) is 0 Å². The summed E-state index contributed by atoms with van der Waals surface area (Å²) in [7, 11) is 0. The van der Waals surface area contributed by atoms with Gasteiger partial charge in [0, 0.05) is 24.2 Å². The van der Waals surface area contributed by atoms with E-state index in [1.54, 1.807) is 0 Å². The van der Waals surface area contributed by atoms with E-state index in [4.69, 9.17) is 0 Å². The van der Waals surface area contributed by atoms with Crippen LogP contribution in [-0.2, 0) is 12.8 Å². The third-order valence-corrected chi connectivity index (χ3v) is 6.35. The Balaban J connectivity index is 1.46. The Labute approximate surface area is 169 Å². The Hall–Kier alpha value is -1.66. The lowest BCUT2D eigenvalue weighted by molar-refractivity contribution is 0.329. The summed E-state index contributed by atoms with van der Waals surface area (Å²) in [4.78, 5) is 5.17. The van der Waals surface area contributed by atoms with Gasteiger partial charge in [0.25, 0.3) is 0 Å². The highest BCUT2D eigenvalue weighted by atomic mass is 15.5. The first-order valence-corrected chi connectivity index (χ1v) is 11.3. The molecule has 0 bridgehead atoms. The molecule has 2 aromatic heterocycles. The molecule has 2 aromatic rings. The van der Waals surface area contributed by atoms with Gasteiger partial charge < -0.3 is 9.80 Å². The normalized spacial score (nSPS) is 18.5. The van der Waals surface area contributed by atoms with Crippen LogP contribution in [0.1, 0.15) is 61.6 Å². The fourth-order valence-corrected chi connectivity index (χ4v) is 4.80. The molecule has 0 spiro atoms. The van der Waals surface area contributed by atoms with Crippen molar-refractivity contribution >= 4 is 0 Å². The van der Waals surface area contributed by atoms with Crippen LogP contribution < -0.4 is 0 Å². The molecule has 0 aromatic carbocycles. The van der Waals surface area contributed by atoms with E-state index in [0.717, 1.165) is 37.3 Å². The van der Waals surface area contributed by atoms with Crippen molar-refractivity contribution in [3.05, 3.63) is 35.2 Å². The second-order valence-corrected chi connectivity index (χ2v) is 8.58. The summed E-state index contributed by atoms with van der Waals surface area (Å²) in [6.07, 6.45) is 9.74. The first-order chi connectivity index (χ1) is 13.7. The maximum Gasteiger partial charge on any atom is 0.153 e. The van der Waals surface area contributed by atoms with Crippen LogP contribution in [0.25, 0.3) is 0 Å². The van der Waals surface area contributed by atoms with E-state index in [-0.39, 0.29) is 0 Å². The third-order valence-electron chi connectivity index (χ3n) is 6.35. The van der Waals surface area contributed by atoms with Gasteiger partial charge in [0.2, 0.25) is 0 Å². The molecule has 0 atom stereocenters. The van der Waals surface area contributed by atoms with Crippen LogP contribution in [0.3, 0.4) is 0 Å². The summed E-state index contributed by atoms with van der Waals surface area (Å²) < 4.78 is 4.61. The number of aryl methyl sites for hydroxylation is 4. The lowest BCUT2D eigenvalue weighted by atomic mass is 10.2. The minimum atomic E-state index is 0.993. The van der Waals surface area contributed by atoms with Crippen LogP contribution in [0.4, 0.5) is 0 Å². The van der Waals surface area contributed by atoms with Gasteiger partial charge in [-0.05, 0) is 104 Å². The average Bonchev–Trinajstić information content (AvgIpc) is 3.47. The molecule has 2 fully saturated rings. The zero-order valence-corrected chi connectivity index (χ0v) is 17.7. The fourth-order valence-electron chi connectivity index (χ4n) is 4.80. The molecule has 0 unspecified atom stereocenters. The van der Waals surface area contributed by atoms with Gasteiger partial charge in [0.1, 0.15) is 0 Å². The number of nitrogens with zero attached hydrogens (tertiary/aromatic N) is 6. The summed E-state index contributed by atoms with van der Waals surface area (Å²) in [5, 5.41) is 9.26. The molecule has 0 radical (unpaired) electrons. The van der Waals surface area contributed by atoms with E-state index < -0.39 is 0 Å². The third kappa shape index (κ3) is 4.49. The Kier molecular flexibility index (Phi) is 6.47. The minimum absolute atomic E-state index is 0.993. The topological polar surface area (TPSA) is 42.1 Å². The highest BCUT2D eigenvalue weighted by molar-refractivity contribution is 5.16. The number of hydrogen-bond acceptors (Lipinski definition) is 4. The Morgan fingerprint density at radius 2 is 1.11 bits per heavy atom. The summed E-state index contributed by atoms with van der Waals surface area (Å²) in [6, 6.07) is 4.38. The molecule has 154 valence electrons. The average molecular weight is 385 g/mol. The molecular weight excluding hydrogens is 348 g/mol. The van der Waals surface area contributed by atoms with Crippen LogP contribution in [-0.4, -0.2) is 68.6 Å².